The molecule has 0 radical (unpaired) electrons. The van der Waals surface area contributed by atoms with E-state index in [9.17, 15) is 14.0 Å². The lowest BCUT2D eigenvalue weighted by Gasteiger charge is -2.35. The molecule has 6 nitrogen and oxygen atoms in total. The van der Waals surface area contributed by atoms with E-state index in [1.807, 2.05) is 0 Å². The second-order valence-corrected chi connectivity index (χ2v) is 8.40. The summed E-state index contributed by atoms with van der Waals surface area (Å²) in [5, 5.41) is 2.67. The number of nitrogens with zero attached hydrogens (tertiary/aromatic N) is 1. The number of ether oxygens (including phenoxy) is 2. The van der Waals surface area contributed by atoms with Crippen LogP contribution >= 0.6 is 11.6 Å². The highest BCUT2D eigenvalue weighted by Gasteiger charge is 2.49. The third-order valence-corrected chi connectivity index (χ3v) is 4.49. The Labute approximate surface area is 163 Å². The molecule has 0 bridgehead atoms. The predicted octanol–water partition coefficient (Wildman–Crippen LogP) is 3.97. The van der Waals surface area contributed by atoms with E-state index in [1.54, 1.807) is 41.5 Å². The SMILES string of the molecule is CC1OC(C)(C)N(C(=O)OC(C)(C)C)C1CNC(=O)c1c(F)cccc1Cl. The molecule has 0 saturated carbocycles. The number of rotatable bonds is 3. The molecular weight excluding hydrogens is 375 g/mol. The van der Waals surface area contributed by atoms with Gasteiger partial charge in [-0.1, -0.05) is 17.7 Å². The molecule has 2 atom stereocenters. The lowest BCUT2D eigenvalue weighted by atomic mass is 10.1. The smallest absolute Gasteiger partial charge is 0.412 e. The van der Waals surface area contributed by atoms with Crippen molar-refractivity contribution in [3.8, 4) is 0 Å². The molecule has 0 aliphatic carbocycles. The molecular formula is C19H26ClFN2O4. The summed E-state index contributed by atoms with van der Waals surface area (Å²) in [5.41, 5.74) is -1.81. The van der Waals surface area contributed by atoms with E-state index < -0.39 is 35.2 Å². The number of hydrogen-bond acceptors (Lipinski definition) is 4. The maximum absolute atomic E-state index is 13.9. The van der Waals surface area contributed by atoms with E-state index in [2.05, 4.69) is 5.32 Å². The second kappa shape index (κ2) is 7.64. The summed E-state index contributed by atoms with van der Waals surface area (Å²) in [7, 11) is 0. The summed E-state index contributed by atoms with van der Waals surface area (Å²) in [6.07, 6.45) is -0.899. The first kappa shape index (κ1) is 21.4. The zero-order chi connectivity index (χ0) is 20.6. The van der Waals surface area contributed by atoms with Gasteiger partial charge in [-0.3, -0.25) is 9.69 Å². The fourth-order valence-electron chi connectivity index (χ4n) is 3.12. The first-order chi connectivity index (χ1) is 12.3. The summed E-state index contributed by atoms with van der Waals surface area (Å²) in [6, 6.07) is 3.55. The zero-order valence-corrected chi connectivity index (χ0v) is 17.2. The first-order valence-electron chi connectivity index (χ1n) is 8.76. The Kier molecular flexibility index (Phi) is 6.06. The van der Waals surface area contributed by atoms with E-state index in [0.29, 0.717) is 0 Å². The van der Waals surface area contributed by atoms with Crippen molar-refractivity contribution in [2.75, 3.05) is 6.54 Å². The number of carbonyl (C=O) groups excluding carboxylic acids is 2. The molecule has 1 fully saturated rings. The molecule has 1 aromatic carbocycles. The lowest BCUT2D eigenvalue weighted by molar-refractivity contribution is -0.0756. The third-order valence-electron chi connectivity index (χ3n) is 4.18. The van der Waals surface area contributed by atoms with Crippen molar-refractivity contribution < 1.29 is 23.5 Å². The van der Waals surface area contributed by atoms with Crippen molar-refractivity contribution in [3.05, 3.63) is 34.6 Å². The molecule has 1 N–H and O–H groups in total. The van der Waals surface area contributed by atoms with Gasteiger partial charge in [-0.15, -0.1) is 0 Å². The van der Waals surface area contributed by atoms with Crippen LogP contribution in [-0.4, -0.2) is 46.9 Å². The van der Waals surface area contributed by atoms with Gasteiger partial charge in [-0.05, 0) is 53.7 Å². The van der Waals surface area contributed by atoms with Crippen molar-refractivity contribution in [1.82, 2.24) is 10.2 Å². The molecule has 1 aliphatic heterocycles. The fraction of sp³-hybridized carbons (Fsp3) is 0.579. The Morgan fingerprint density at radius 1 is 1.37 bits per heavy atom. The summed E-state index contributed by atoms with van der Waals surface area (Å²) >= 11 is 5.94. The number of halogens is 2. The van der Waals surface area contributed by atoms with Gasteiger partial charge in [0.15, 0.2) is 0 Å². The van der Waals surface area contributed by atoms with E-state index in [4.69, 9.17) is 21.1 Å². The molecule has 1 aromatic rings. The van der Waals surface area contributed by atoms with Crippen LogP contribution in [0.1, 0.15) is 51.9 Å². The van der Waals surface area contributed by atoms with E-state index in [0.717, 1.165) is 6.07 Å². The molecule has 1 heterocycles. The maximum atomic E-state index is 13.9. The number of carbonyl (C=O) groups is 2. The molecule has 2 unspecified atom stereocenters. The lowest BCUT2D eigenvalue weighted by Crippen LogP contribution is -2.53. The van der Waals surface area contributed by atoms with Crippen LogP contribution in [-0.2, 0) is 9.47 Å². The molecule has 1 saturated heterocycles. The summed E-state index contributed by atoms with van der Waals surface area (Å²) in [6.45, 7) is 10.7. The van der Waals surface area contributed by atoms with Crippen LogP contribution in [0.2, 0.25) is 5.02 Å². The van der Waals surface area contributed by atoms with Crippen LogP contribution in [0.5, 0.6) is 0 Å². The molecule has 2 amide bonds. The number of nitrogens with one attached hydrogen (secondary N) is 1. The quantitative estimate of drug-likeness (QED) is 0.833. The third kappa shape index (κ3) is 4.90. The average molecular weight is 401 g/mol. The van der Waals surface area contributed by atoms with Crippen LogP contribution in [0.4, 0.5) is 9.18 Å². The van der Waals surface area contributed by atoms with Gasteiger partial charge in [-0.25, -0.2) is 9.18 Å². The van der Waals surface area contributed by atoms with Gasteiger partial charge in [0.1, 0.15) is 17.1 Å². The van der Waals surface area contributed by atoms with Gasteiger partial charge in [0.2, 0.25) is 0 Å². The molecule has 1 aliphatic rings. The van der Waals surface area contributed by atoms with Crippen molar-refractivity contribution in [2.24, 2.45) is 0 Å². The molecule has 2 rings (SSSR count). The van der Waals surface area contributed by atoms with Crippen LogP contribution < -0.4 is 5.32 Å². The molecule has 0 aromatic heterocycles. The highest BCUT2D eigenvalue weighted by atomic mass is 35.5. The van der Waals surface area contributed by atoms with Gasteiger partial charge < -0.3 is 14.8 Å². The Morgan fingerprint density at radius 3 is 2.56 bits per heavy atom. The van der Waals surface area contributed by atoms with E-state index in [1.165, 1.54) is 17.0 Å². The molecule has 150 valence electrons. The Morgan fingerprint density at radius 2 is 2.00 bits per heavy atom. The minimum atomic E-state index is -0.910. The minimum absolute atomic E-state index is 0.0209. The van der Waals surface area contributed by atoms with Crippen molar-refractivity contribution in [3.63, 3.8) is 0 Å². The fourth-order valence-corrected chi connectivity index (χ4v) is 3.37. The summed E-state index contributed by atoms with van der Waals surface area (Å²) < 4.78 is 25.3. The van der Waals surface area contributed by atoms with Crippen LogP contribution in [0.15, 0.2) is 18.2 Å². The van der Waals surface area contributed by atoms with Gasteiger partial charge >= 0.3 is 6.09 Å². The average Bonchev–Trinajstić information content (AvgIpc) is 2.71. The topological polar surface area (TPSA) is 67.9 Å². The van der Waals surface area contributed by atoms with Gasteiger partial charge in [0.25, 0.3) is 5.91 Å². The Bertz CT molecular complexity index is 713. The van der Waals surface area contributed by atoms with Gasteiger partial charge in [0, 0.05) is 6.54 Å². The maximum Gasteiger partial charge on any atom is 0.412 e. The first-order valence-corrected chi connectivity index (χ1v) is 9.13. The monoisotopic (exact) mass is 400 g/mol. The Hall–Kier alpha value is -1.86. The normalized spacial score (nSPS) is 21.9. The summed E-state index contributed by atoms with van der Waals surface area (Å²) in [4.78, 5) is 26.6. The van der Waals surface area contributed by atoms with Crippen molar-refractivity contribution in [1.29, 1.82) is 0 Å². The minimum Gasteiger partial charge on any atom is -0.444 e. The second-order valence-electron chi connectivity index (χ2n) is 7.99. The standard InChI is InChI=1S/C19H26ClFN2O4/c1-11-14(10-22-16(24)15-12(20)8-7-9-13(15)21)23(19(5,6)26-11)17(25)27-18(2,3)4/h7-9,11,14H,10H2,1-6H3,(H,22,24). The highest BCUT2D eigenvalue weighted by Crippen LogP contribution is 2.33. The highest BCUT2D eigenvalue weighted by molar-refractivity contribution is 6.33. The van der Waals surface area contributed by atoms with Crippen LogP contribution in [0, 0.1) is 5.82 Å². The Balaban J connectivity index is 2.17. The predicted molar refractivity (Wildman–Crippen MR) is 100 cm³/mol. The van der Waals surface area contributed by atoms with E-state index >= 15 is 0 Å². The largest absolute Gasteiger partial charge is 0.444 e. The zero-order valence-electron chi connectivity index (χ0n) is 16.4. The van der Waals surface area contributed by atoms with Crippen LogP contribution in [0.25, 0.3) is 0 Å². The van der Waals surface area contributed by atoms with Gasteiger partial charge in [0.05, 0.1) is 22.7 Å². The number of amides is 2. The molecule has 0 spiro atoms. The number of benzene rings is 1. The summed E-state index contributed by atoms with van der Waals surface area (Å²) in [5.74, 6) is -1.36. The molecule has 8 heteroatoms. The number of hydrogen-bond donors (Lipinski definition) is 1. The van der Waals surface area contributed by atoms with Crippen molar-refractivity contribution in [2.45, 2.75) is 65.0 Å². The van der Waals surface area contributed by atoms with E-state index in [-0.39, 0.29) is 23.2 Å². The van der Waals surface area contributed by atoms with Gasteiger partial charge in [-0.2, -0.15) is 0 Å². The van der Waals surface area contributed by atoms with Crippen LogP contribution in [0.3, 0.4) is 0 Å². The van der Waals surface area contributed by atoms with Crippen molar-refractivity contribution >= 4 is 23.6 Å². The molecule has 27 heavy (non-hydrogen) atoms.